The number of fused-ring (bicyclic) bond motifs is 1. The largest absolute Gasteiger partial charge is 0.489 e. The number of ether oxygens (including phenoxy) is 1. The van der Waals surface area contributed by atoms with Gasteiger partial charge in [0.05, 0.1) is 5.69 Å². The van der Waals surface area contributed by atoms with Crippen molar-refractivity contribution in [1.29, 1.82) is 0 Å². The average molecular weight is 502 g/mol. The van der Waals surface area contributed by atoms with Gasteiger partial charge < -0.3 is 10.1 Å². The second kappa shape index (κ2) is 9.93. The highest BCUT2D eigenvalue weighted by Gasteiger charge is 2.23. The van der Waals surface area contributed by atoms with Crippen LogP contribution in [0.4, 0.5) is 4.39 Å². The SMILES string of the molecule is CNCc1cc(-c2ccc(OCc3cccc4ccccc34)cc2F)n(S(=O)(=O)c2cccnc2)c1. The van der Waals surface area contributed by atoms with Crippen molar-refractivity contribution < 1.29 is 17.5 Å². The summed E-state index contributed by atoms with van der Waals surface area (Å²) >= 11 is 0. The van der Waals surface area contributed by atoms with Gasteiger partial charge in [0.25, 0.3) is 10.0 Å². The number of aromatic nitrogens is 2. The lowest BCUT2D eigenvalue weighted by Crippen LogP contribution is -2.14. The fourth-order valence-electron chi connectivity index (χ4n) is 4.18. The first-order valence-corrected chi connectivity index (χ1v) is 12.8. The highest BCUT2D eigenvalue weighted by atomic mass is 32.2. The minimum Gasteiger partial charge on any atom is -0.489 e. The maximum absolute atomic E-state index is 15.4. The van der Waals surface area contributed by atoms with Crippen LogP contribution in [0.2, 0.25) is 0 Å². The van der Waals surface area contributed by atoms with Gasteiger partial charge in [0.15, 0.2) is 0 Å². The van der Waals surface area contributed by atoms with Gasteiger partial charge in [-0.15, -0.1) is 0 Å². The van der Waals surface area contributed by atoms with Crippen LogP contribution >= 0.6 is 0 Å². The van der Waals surface area contributed by atoms with E-state index in [0.717, 1.165) is 20.3 Å². The standard InChI is InChI=1S/C28H24FN3O3S/c1-30-16-20-14-28(32(18-20)36(33,34)24-9-5-13-31-17-24)26-12-11-23(15-27(26)29)35-19-22-8-4-7-21-6-2-3-10-25(21)22/h2-15,17-18,30H,16,19H2,1H3. The second-order valence-corrected chi connectivity index (χ2v) is 10.1. The van der Waals surface area contributed by atoms with Gasteiger partial charge in [-0.05, 0) is 59.3 Å². The Morgan fingerprint density at radius 3 is 2.61 bits per heavy atom. The van der Waals surface area contributed by atoms with Gasteiger partial charge in [-0.3, -0.25) is 4.98 Å². The molecule has 2 heterocycles. The summed E-state index contributed by atoms with van der Waals surface area (Å²) in [6.07, 6.45) is 4.27. The molecule has 5 rings (SSSR count). The fourth-order valence-corrected chi connectivity index (χ4v) is 5.53. The molecule has 0 atom stereocenters. The molecular weight excluding hydrogens is 477 g/mol. The predicted octanol–water partition coefficient (Wildman–Crippen LogP) is 5.38. The van der Waals surface area contributed by atoms with E-state index in [2.05, 4.69) is 10.3 Å². The van der Waals surface area contributed by atoms with E-state index in [9.17, 15) is 8.42 Å². The van der Waals surface area contributed by atoms with Gasteiger partial charge in [0.1, 0.15) is 23.1 Å². The Morgan fingerprint density at radius 1 is 1.00 bits per heavy atom. The molecule has 0 unspecified atom stereocenters. The van der Waals surface area contributed by atoms with E-state index in [0.29, 0.717) is 17.9 Å². The molecule has 6 nitrogen and oxygen atoms in total. The Hall–Kier alpha value is -4.01. The van der Waals surface area contributed by atoms with Gasteiger partial charge in [0.2, 0.25) is 0 Å². The lowest BCUT2D eigenvalue weighted by atomic mass is 10.1. The maximum Gasteiger partial charge on any atom is 0.269 e. The van der Waals surface area contributed by atoms with Crippen molar-refractivity contribution in [2.45, 2.75) is 18.0 Å². The summed E-state index contributed by atoms with van der Waals surface area (Å²) in [5.74, 6) is -0.227. The zero-order chi connectivity index (χ0) is 25.1. The summed E-state index contributed by atoms with van der Waals surface area (Å²) in [4.78, 5) is 3.94. The van der Waals surface area contributed by atoms with Crippen molar-refractivity contribution in [3.63, 3.8) is 0 Å². The van der Waals surface area contributed by atoms with Crippen molar-refractivity contribution in [2.24, 2.45) is 0 Å². The summed E-state index contributed by atoms with van der Waals surface area (Å²) in [5.41, 5.74) is 2.07. The van der Waals surface area contributed by atoms with E-state index in [4.69, 9.17) is 4.74 Å². The first kappa shape index (κ1) is 23.7. The minimum atomic E-state index is -3.98. The third kappa shape index (κ3) is 4.60. The topological polar surface area (TPSA) is 73.2 Å². The number of hydrogen-bond donors (Lipinski definition) is 1. The van der Waals surface area contributed by atoms with Gasteiger partial charge in [-0.2, -0.15) is 0 Å². The first-order chi connectivity index (χ1) is 17.5. The van der Waals surface area contributed by atoms with Crippen LogP contribution < -0.4 is 10.1 Å². The second-order valence-electron chi connectivity index (χ2n) is 8.32. The molecule has 0 saturated carbocycles. The van der Waals surface area contributed by atoms with Crippen LogP contribution in [0.1, 0.15) is 11.1 Å². The normalized spacial score (nSPS) is 11.6. The Labute approximate surface area is 209 Å². The molecule has 8 heteroatoms. The molecule has 0 aliphatic heterocycles. The molecule has 1 N–H and O–H groups in total. The van der Waals surface area contributed by atoms with Crippen LogP contribution in [0.15, 0.2) is 102 Å². The molecule has 0 bridgehead atoms. The van der Waals surface area contributed by atoms with Crippen LogP contribution in [-0.4, -0.2) is 24.4 Å². The third-order valence-corrected chi connectivity index (χ3v) is 7.56. The number of benzene rings is 3. The minimum absolute atomic E-state index is 0.0216. The van der Waals surface area contributed by atoms with E-state index >= 15 is 4.39 Å². The number of pyridine rings is 1. The molecule has 0 amide bonds. The molecule has 3 aromatic carbocycles. The van der Waals surface area contributed by atoms with E-state index in [1.165, 1.54) is 30.7 Å². The smallest absolute Gasteiger partial charge is 0.269 e. The van der Waals surface area contributed by atoms with Gasteiger partial charge in [-0.1, -0.05) is 42.5 Å². The Bertz CT molecular complexity index is 1630. The molecule has 2 aromatic heterocycles. The van der Waals surface area contributed by atoms with E-state index in [1.54, 1.807) is 31.3 Å². The molecule has 0 radical (unpaired) electrons. The van der Waals surface area contributed by atoms with Gasteiger partial charge in [0, 0.05) is 36.8 Å². The molecule has 5 aromatic rings. The van der Waals surface area contributed by atoms with Crippen molar-refractivity contribution in [1.82, 2.24) is 14.3 Å². The molecule has 36 heavy (non-hydrogen) atoms. The summed E-state index contributed by atoms with van der Waals surface area (Å²) in [6, 6.07) is 23.1. The van der Waals surface area contributed by atoms with Gasteiger partial charge >= 0.3 is 0 Å². The summed E-state index contributed by atoms with van der Waals surface area (Å²) in [5, 5.41) is 5.18. The van der Waals surface area contributed by atoms with Crippen LogP contribution in [-0.2, 0) is 23.2 Å². The summed E-state index contributed by atoms with van der Waals surface area (Å²) in [7, 11) is -2.22. The zero-order valence-electron chi connectivity index (χ0n) is 19.6. The highest BCUT2D eigenvalue weighted by molar-refractivity contribution is 7.90. The average Bonchev–Trinajstić information content (AvgIpc) is 3.32. The van der Waals surface area contributed by atoms with Crippen molar-refractivity contribution in [3.8, 4) is 17.0 Å². The third-order valence-electron chi connectivity index (χ3n) is 5.91. The molecule has 0 fully saturated rings. The summed E-state index contributed by atoms with van der Waals surface area (Å²) in [6.45, 7) is 0.703. The highest BCUT2D eigenvalue weighted by Crippen LogP contribution is 2.31. The van der Waals surface area contributed by atoms with E-state index in [1.807, 2.05) is 42.5 Å². The van der Waals surface area contributed by atoms with Crippen molar-refractivity contribution >= 4 is 20.8 Å². The number of hydrogen-bond acceptors (Lipinski definition) is 5. The van der Waals surface area contributed by atoms with Gasteiger partial charge in [-0.25, -0.2) is 16.8 Å². The molecule has 182 valence electrons. The Balaban J connectivity index is 1.47. The lowest BCUT2D eigenvalue weighted by molar-refractivity contribution is 0.306. The van der Waals surface area contributed by atoms with E-state index < -0.39 is 15.8 Å². The first-order valence-electron chi connectivity index (χ1n) is 11.4. The van der Waals surface area contributed by atoms with Crippen LogP contribution in [0.5, 0.6) is 5.75 Å². The van der Waals surface area contributed by atoms with Crippen LogP contribution in [0, 0.1) is 5.82 Å². The fraction of sp³-hybridized carbons (Fsp3) is 0.107. The van der Waals surface area contributed by atoms with E-state index in [-0.39, 0.29) is 22.8 Å². The van der Waals surface area contributed by atoms with Crippen LogP contribution in [0.25, 0.3) is 22.0 Å². The number of halogens is 1. The maximum atomic E-state index is 15.4. The molecule has 0 spiro atoms. The zero-order valence-corrected chi connectivity index (χ0v) is 20.4. The Morgan fingerprint density at radius 2 is 1.83 bits per heavy atom. The molecular formula is C28H24FN3O3S. The lowest BCUT2D eigenvalue weighted by Gasteiger charge is -2.13. The Kier molecular flexibility index (Phi) is 6.54. The molecule has 0 saturated heterocycles. The quantitative estimate of drug-likeness (QED) is 0.309. The van der Waals surface area contributed by atoms with Crippen molar-refractivity contribution in [2.75, 3.05) is 7.05 Å². The van der Waals surface area contributed by atoms with Crippen LogP contribution in [0.3, 0.4) is 0 Å². The molecule has 0 aliphatic rings. The number of nitrogens with zero attached hydrogens (tertiary/aromatic N) is 2. The monoisotopic (exact) mass is 501 g/mol. The predicted molar refractivity (Wildman–Crippen MR) is 138 cm³/mol. The summed E-state index contributed by atoms with van der Waals surface area (Å²) < 4.78 is 49.1. The number of rotatable bonds is 8. The number of nitrogens with one attached hydrogen (secondary N) is 1. The molecule has 0 aliphatic carbocycles. The van der Waals surface area contributed by atoms with Crippen molar-refractivity contribution in [3.05, 3.63) is 114 Å².